The molecule has 104 valence electrons. The zero-order chi connectivity index (χ0) is 14.6. The highest BCUT2D eigenvalue weighted by atomic mass is 32.2. The Balaban J connectivity index is 0.000000149. The lowest BCUT2D eigenvalue weighted by molar-refractivity contribution is -0.354. The van der Waals surface area contributed by atoms with Crippen LogP contribution in [0.2, 0.25) is 0 Å². The van der Waals surface area contributed by atoms with Crippen LogP contribution in [0.25, 0.3) is 11.1 Å². The molecule has 6 heteroatoms. The summed E-state index contributed by atoms with van der Waals surface area (Å²) >= 11 is 0. The number of aromatic nitrogens is 1. The minimum absolute atomic E-state index is 0.178. The van der Waals surface area contributed by atoms with E-state index in [1.165, 1.54) is 12.1 Å². The second-order valence-corrected chi connectivity index (χ2v) is 5.52. The van der Waals surface area contributed by atoms with Crippen LogP contribution in [0.4, 0.5) is 0 Å². The van der Waals surface area contributed by atoms with Crippen LogP contribution in [0.15, 0.2) is 64.2 Å². The second kappa shape index (κ2) is 5.85. The van der Waals surface area contributed by atoms with E-state index < -0.39 is 10.1 Å². The van der Waals surface area contributed by atoms with Crippen molar-refractivity contribution in [3.63, 3.8) is 0 Å². The summed E-state index contributed by atoms with van der Waals surface area (Å²) in [6, 6.07) is 13.6. The highest BCUT2D eigenvalue weighted by molar-refractivity contribution is 7.85. The van der Waals surface area contributed by atoms with Crippen LogP contribution in [0.3, 0.4) is 0 Å². The predicted octanol–water partition coefficient (Wildman–Crippen LogP) is 2.15. The SMILES string of the molecule is Cc1ccc(S(=O)(=O)[O-])cc1.c1ccc2oc[nH+]c2c1. The number of hydrogen-bond acceptors (Lipinski definition) is 4. The molecule has 0 bridgehead atoms. The second-order valence-electron chi connectivity index (χ2n) is 4.14. The number of aryl methyl sites for hydroxylation is 1. The molecule has 0 aliphatic rings. The van der Waals surface area contributed by atoms with E-state index in [-0.39, 0.29) is 4.90 Å². The maximum atomic E-state index is 10.4. The van der Waals surface area contributed by atoms with Gasteiger partial charge < -0.3 is 8.97 Å². The summed E-state index contributed by atoms with van der Waals surface area (Å²) in [5, 5.41) is 0. The van der Waals surface area contributed by atoms with Crippen LogP contribution in [-0.4, -0.2) is 13.0 Å². The molecular weight excluding hydrogens is 278 g/mol. The monoisotopic (exact) mass is 291 g/mol. The number of H-pyrrole nitrogens is 1. The zero-order valence-corrected chi connectivity index (χ0v) is 11.6. The number of para-hydroxylation sites is 2. The van der Waals surface area contributed by atoms with Crippen molar-refractivity contribution < 1.29 is 22.4 Å². The third-order valence-electron chi connectivity index (χ3n) is 2.60. The molecular formula is C14H13NO4S. The van der Waals surface area contributed by atoms with Gasteiger partial charge in [-0.05, 0) is 25.1 Å². The first-order chi connectivity index (χ1) is 9.47. The topological polar surface area (TPSA) is 84.5 Å². The maximum Gasteiger partial charge on any atom is 0.333 e. The van der Waals surface area contributed by atoms with E-state index in [9.17, 15) is 13.0 Å². The molecule has 0 atom stereocenters. The Labute approximate surface area is 116 Å². The zero-order valence-electron chi connectivity index (χ0n) is 10.7. The fourth-order valence-electron chi connectivity index (χ4n) is 1.55. The highest BCUT2D eigenvalue weighted by Gasteiger charge is 1.98. The van der Waals surface area contributed by atoms with Crippen molar-refractivity contribution in [3.8, 4) is 0 Å². The van der Waals surface area contributed by atoms with Crippen LogP contribution in [-0.2, 0) is 10.1 Å². The van der Waals surface area contributed by atoms with Crippen LogP contribution in [0.5, 0.6) is 0 Å². The molecule has 0 saturated carbocycles. The van der Waals surface area contributed by atoms with E-state index in [0.717, 1.165) is 16.7 Å². The Hall–Kier alpha value is -2.18. The predicted molar refractivity (Wildman–Crippen MR) is 71.9 cm³/mol. The van der Waals surface area contributed by atoms with Gasteiger partial charge in [0, 0.05) is 6.07 Å². The van der Waals surface area contributed by atoms with Gasteiger partial charge in [0.15, 0.2) is 0 Å². The van der Waals surface area contributed by atoms with Crippen LogP contribution in [0.1, 0.15) is 5.56 Å². The first kappa shape index (κ1) is 14.2. The molecule has 1 heterocycles. The van der Waals surface area contributed by atoms with Gasteiger partial charge in [0.1, 0.15) is 10.1 Å². The van der Waals surface area contributed by atoms with Crippen molar-refractivity contribution in [2.24, 2.45) is 0 Å². The fourth-order valence-corrected chi connectivity index (χ4v) is 2.02. The molecule has 0 radical (unpaired) electrons. The Kier molecular flexibility index (Phi) is 4.16. The van der Waals surface area contributed by atoms with Gasteiger partial charge in [-0.3, -0.25) is 0 Å². The molecule has 3 rings (SSSR count). The smallest absolute Gasteiger partial charge is 0.333 e. The van der Waals surface area contributed by atoms with Crippen molar-refractivity contribution >= 4 is 21.2 Å². The van der Waals surface area contributed by atoms with Crippen molar-refractivity contribution in [1.29, 1.82) is 0 Å². The minimum atomic E-state index is -4.27. The first-order valence-electron chi connectivity index (χ1n) is 5.83. The van der Waals surface area contributed by atoms with E-state index in [0.29, 0.717) is 0 Å². The summed E-state index contributed by atoms with van der Waals surface area (Å²) in [6.45, 7) is 1.82. The summed E-state index contributed by atoms with van der Waals surface area (Å²) < 4.78 is 36.2. The van der Waals surface area contributed by atoms with E-state index in [2.05, 4.69) is 4.98 Å². The molecule has 1 aromatic heterocycles. The Morgan fingerprint density at radius 2 is 1.70 bits per heavy atom. The molecule has 0 spiro atoms. The Morgan fingerprint density at radius 3 is 2.30 bits per heavy atom. The number of hydrogen-bond donors (Lipinski definition) is 0. The third-order valence-corrected chi connectivity index (χ3v) is 3.45. The average molecular weight is 291 g/mol. The highest BCUT2D eigenvalue weighted by Crippen LogP contribution is 2.08. The van der Waals surface area contributed by atoms with Gasteiger partial charge in [-0.25, -0.2) is 8.42 Å². The molecule has 0 amide bonds. The molecule has 5 nitrogen and oxygen atoms in total. The molecule has 3 aromatic rings. The van der Waals surface area contributed by atoms with Crippen LogP contribution >= 0.6 is 0 Å². The molecule has 0 unspecified atom stereocenters. The lowest BCUT2D eigenvalue weighted by Crippen LogP contribution is -1.97. The van der Waals surface area contributed by atoms with Crippen molar-refractivity contribution in [2.45, 2.75) is 11.8 Å². The van der Waals surface area contributed by atoms with Gasteiger partial charge in [0.2, 0.25) is 11.1 Å². The summed E-state index contributed by atoms with van der Waals surface area (Å²) in [5.74, 6) is 0. The lowest BCUT2D eigenvalue weighted by atomic mass is 10.2. The van der Waals surface area contributed by atoms with E-state index in [1.54, 1.807) is 18.5 Å². The molecule has 0 aliphatic heterocycles. The molecule has 0 aliphatic carbocycles. The van der Waals surface area contributed by atoms with E-state index >= 15 is 0 Å². The third kappa shape index (κ3) is 3.66. The summed E-state index contributed by atoms with van der Waals surface area (Å²) in [5.41, 5.74) is 2.87. The number of rotatable bonds is 1. The van der Waals surface area contributed by atoms with E-state index in [1.807, 2.05) is 31.2 Å². The number of oxazole rings is 1. The quantitative estimate of drug-likeness (QED) is 0.643. The fraction of sp³-hybridized carbons (Fsp3) is 0.0714. The molecule has 20 heavy (non-hydrogen) atoms. The van der Waals surface area contributed by atoms with Crippen molar-refractivity contribution in [3.05, 3.63) is 60.5 Å². The van der Waals surface area contributed by atoms with Gasteiger partial charge in [-0.15, -0.1) is 0 Å². The number of fused-ring (bicyclic) bond motifs is 1. The minimum Gasteiger partial charge on any atom is -0.744 e. The molecule has 1 N–H and O–H groups in total. The van der Waals surface area contributed by atoms with Crippen LogP contribution < -0.4 is 4.98 Å². The first-order valence-corrected chi connectivity index (χ1v) is 7.24. The number of aromatic amines is 1. The van der Waals surface area contributed by atoms with Gasteiger partial charge in [0.05, 0.1) is 4.90 Å². The van der Waals surface area contributed by atoms with Gasteiger partial charge in [-0.1, -0.05) is 29.8 Å². The molecule has 2 aromatic carbocycles. The van der Waals surface area contributed by atoms with Gasteiger partial charge in [-0.2, -0.15) is 4.98 Å². The standard InChI is InChI=1S/C7H5NO.C7H8O3S/c1-2-4-7-6(3-1)8-5-9-7;1-6-2-4-7(5-3-6)11(8,9)10/h1-5H;2-5H,1H3,(H,8,9,10). The van der Waals surface area contributed by atoms with Crippen molar-refractivity contribution in [1.82, 2.24) is 0 Å². The van der Waals surface area contributed by atoms with Crippen molar-refractivity contribution in [2.75, 3.05) is 0 Å². The van der Waals surface area contributed by atoms with E-state index in [4.69, 9.17) is 4.42 Å². The Morgan fingerprint density at radius 1 is 1.05 bits per heavy atom. The Bertz CT molecular complexity index is 761. The molecule has 0 saturated heterocycles. The summed E-state index contributed by atoms with van der Waals surface area (Å²) in [4.78, 5) is 2.78. The molecule has 0 fully saturated rings. The van der Waals surface area contributed by atoms with Crippen LogP contribution in [0, 0.1) is 6.92 Å². The summed E-state index contributed by atoms with van der Waals surface area (Å²) in [7, 11) is -4.27. The van der Waals surface area contributed by atoms with Gasteiger partial charge in [0.25, 0.3) is 0 Å². The van der Waals surface area contributed by atoms with Gasteiger partial charge >= 0.3 is 6.39 Å². The normalized spacial score (nSPS) is 10.9. The maximum absolute atomic E-state index is 10.4. The number of benzene rings is 2. The largest absolute Gasteiger partial charge is 0.744 e. The lowest BCUT2D eigenvalue weighted by Gasteiger charge is -2.05. The number of nitrogens with one attached hydrogen (secondary N) is 1. The summed E-state index contributed by atoms with van der Waals surface area (Å²) in [6.07, 6.45) is 1.57. The average Bonchev–Trinajstić information content (AvgIpc) is 2.87.